The van der Waals surface area contributed by atoms with Crippen LogP contribution in [0.25, 0.3) is 0 Å². The molecule has 0 atom stereocenters. The summed E-state index contributed by atoms with van der Waals surface area (Å²) in [6, 6.07) is 4.92. The molecule has 150 valence electrons. The topological polar surface area (TPSA) is 88.3 Å². The number of amides is 2. The lowest BCUT2D eigenvalue weighted by Crippen LogP contribution is -2.29. The van der Waals surface area contributed by atoms with Gasteiger partial charge in [0.15, 0.2) is 5.82 Å². The number of carbonyl (C=O) groups excluding carboxylic acids is 2. The maximum atomic E-state index is 12.8. The van der Waals surface area contributed by atoms with E-state index in [4.69, 9.17) is 16.1 Å². The number of aryl methyl sites for hydroxylation is 1. The van der Waals surface area contributed by atoms with Crippen molar-refractivity contribution in [1.29, 1.82) is 0 Å². The number of anilines is 1. The highest BCUT2D eigenvalue weighted by molar-refractivity contribution is 6.31. The molecule has 2 aromatic rings. The summed E-state index contributed by atoms with van der Waals surface area (Å²) in [7, 11) is 0. The summed E-state index contributed by atoms with van der Waals surface area (Å²) in [5.74, 6) is 0.693. The predicted molar refractivity (Wildman–Crippen MR) is 107 cm³/mol. The highest BCUT2D eigenvalue weighted by atomic mass is 35.5. The molecule has 0 bridgehead atoms. The zero-order valence-corrected chi connectivity index (χ0v) is 17.2. The van der Waals surface area contributed by atoms with Crippen LogP contribution in [0.5, 0.6) is 0 Å². The van der Waals surface area contributed by atoms with E-state index >= 15 is 0 Å². The molecule has 0 aliphatic carbocycles. The van der Waals surface area contributed by atoms with Crippen LogP contribution < -0.4 is 5.32 Å². The van der Waals surface area contributed by atoms with Gasteiger partial charge in [-0.2, -0.15) is 4.98 Å². The van der Waals surface area contributed by atoms with Gasteiger partial charge in [0.05, 0.1) is 11.3 Å². The van der Waals surface area contributed by atoms with Gasteiger partial charge in [0.2, 0.25) is 11.8 Å². The quantitative estimate of drug-likeness (QED) is 0.818. The van der Waals surface area contributed by atoms with Crippen molar-refractivity contribution < 1.29 is 14.1 Å². The van der Waals surface area contributed by atoms with Gasteiger partial charge in [-0.3, -0.25) is 9.59 Å². The minimum atomic E-state index is -0.228. The van der Waals surface area contributed by atoms with Crippen molar-refractivity contribution in [2.45, 2.75) is 51.9 Å². The number of carbonyl (C=O) groups is 2. The van der Waals surface area contributed by atoms with Gasteiger partial charge >= 0.3 is 0 Å². The summed E-state index contributed by atoms with van der Waals surface area (Å²) < 4.78 is 5.22. The summed E-state index contributed by atoms with van der Waals surface area (Å²) in [4.78, 5) is 31.3. The molecule has 1 aliphatic heterocycles. The van der Waals surface area contributed by atoms with Gasteiger partial charge in [0.1, 0.15) is 0 Å². The molecule has 28 heavy (non-hydrogen) atoms. The van der Waals surface area contributed by atoms with Gasteiger partial charge < -0.3 is 14.7 Å². The van der Waals surface area contributed by atoms with Crippen molar-refractivity contribution in [2.24, 2.45) is 0 Å². The molecule has 1 aromatic carbocycles. The minimum Gasteiger partial charge on any atom is -0.339 e. The Kier molecular flexibility index (Phi) is 6.03. The normalized spacial score (nSPS) is 14.4. The fourth-order valence-corrected chi connectivity index (χ4v) is 3.16. The van der Waals surface area contributed by atoms with Crippen LogP contribution in [-0.2, 0) is 16.6 Å². The number of nitrogens with zero attached hydrogens (tertiary/aromatic N) is 3. The number of likely N-dealkylation sites (tertiary alicyclic amines) is 1. The summed E-state index contributed by atoms with van der Waals surface area (Å²) in [6.45, 7) is 7.44. The summed E-state index contributed by atoms with van der Waals surface area (Å²) in [6.07, 6.45) is 2.49. The van der Waals surface area contributed by atoms with E-state index in [9.17, 15) is 9.59 Å². The third-order valence-electron chi connectivity index (χ3n) is 4.58. The van der Waals surface area contributed by atoms with Crippen LogP contribution >= 0.6 is 11.6 Å². The van der Waals surface area contributed by atoms with Crippen LogP contribution in [-0.4, -0.2) is 39.9 Å². The first-order chi connectivity index (χ1) is 13.2. The molecule has 0 saturated carbocycles. The molecular formula is C20H25ClN4O3. The number of aromatic nitrogens is 2. The molecule has 1 saturated heterocycles. The van der Waals surface area contributed by atoms with E-state index < -0.39 is 0 Å². The number of nitrogens with one attached hydrogen (secondary N) is 1. The monoisotopic (exact) mass is 404 g/mol. The van der Waals surface area contributed by atoms with Crippen molar-refractivity contribution in [3.05, 3.63) is 40.5 Å². The van der Waals surface area contributed by atoms with E-state index in [-0.39, 0.29) is 23.7 Å². The molecule has 1 aromatic heterocycles. The van der Waals surface area contributed by atoms with Crippen LogP contribution in [0, 0.1) is 0 Å². The van der Waals surface area contributed by atoms with E-state index in [2.05, 4.69) is 15.5 Å². The van der Waals surface area contributed by atoms with E-state index in [1.165, 1.54) is 0 Å². The van der Waals surface area contributed by atoms with Crippen LogP contribution in [0.1, 0.15) is 62.1 Å². The molecule has 2 heterocycles. The Bertz CT molecular complexity index is 867. The average Bonchev–Trinajstić information content (AvgIpc) is 3.32. The molecule has 2 amide bonds. The Morgan fingerprint density at radius 3 is 2.61 bits per heavy atom. The second kappa shape index (κ2) is 8.31. The van der Waals surface area contributed by atoms with Crippen LogP contribution in [0.3, 0.4) is 0 Å². The minimum absolute atomic E-state index is 0.109. The Labute approximate surface area is 169 Å². The molecule has 1 aliphatic rings. The fraction of sp³-hybridized carbons (Fsp3) is 0.500. The molecule has 1 N–H and O–H groups in total. The molecular weight excluding hydrogens is 380 g/mol. The Balaban J connectivity index is 1.65. The zero-order chi connectivity index (χ0) is 20.3. The summed E-state index contributed by atoms with van der Waals surface area (Å²) in [5, 5.41) is 7.23. The summed E-state index contributed by atoms with van der Waals surface area (Å²) in [5.41, 5.74) is 0.667. The molecule has 8 heteroatoms. The number of hydrogen-bond donors (Lipinski definition) is 1. The predicted octanol–water partition coefficient (Wildman–Crippen LogP) is 3.83. The van der Waals surface area contributed by atoms with Crippen molar-refractivity contribution in [3.8, 4) is 0 Å². The average molecular weight is 405 g/mol. The third-order valence-corrected chi connectivity index (χ3v) is 4.82. The smallest absolute Gasteiger partial charge is 0.256 e. The highest BCUT2D eigenvalue weighted by Crippen LogP contribution is 2.24. The number of benzene rings is 1. The molecule has 3 rings (SSSR count). The lowest BCUT2D eigenvalue weighted by Gasteiger charge is -2.18. The molecule has 7 nitrogen and oxygen atoms in total. The van der Waals surface area contributed by atoms with Crippen LogP contribution in [0.15, 0.2) is 22.7 Å². The number of rotatable bonds is 5. The summed E-state index contributed by atoms with van der Waals surface area (Å²) >= 11 is 6.07. The van der Waals surface area contributed by atoms with Crippen molar-refractivity contribution in [2.75, 3.05) is 18.4 Å². The van der Waals surface area contributed by atoms with E-state index in [1.54, 1.807) is 23.1 Å². The van der Waals surface area contributed by atoms with E-state index in [0.717, 1.165) is 25.9 Å². The van der Waals surface area contributed by atoms with Crippen molar-refractivity contribution in [3.63, 3.8) is 0 Å². The van der Waals surface area contributed by atoms with Gasteiger partial charge in [-0.15, -0.1) is 0 Å². The first-order valence-electron chi connectivity index (χ1n) is 9.46. The first-order valence-corrected chi connectivity index (χ1v) is 9.83. The largest absolute Gasteiger partial charge is 0.339 e. The molecule has 1 fully saturated rings. The van der Waals surface area contributed by atoms with Crippen LogP contribution in [0.2, 0.25) is 5.02 Å². The molecule has 0 unspecified atom stereocenters. The van der Waals surface area contributed by atoms with E-state index in [1.807, 2.05) is 20.8 Å². The van der Waals surface area contributed by atoms with Gasteiger partial charge in [-0.05, 0) is 31.0 Å². The Hall–Kier alpha value is -2.41. The number of halogens is 1. The molecule has 0 radical (unpaired) electrons. The van der Waals surface area contributed by atoms with Crippen molar-refractivity contribution >= 4 is 29.1 Å². The maximum Gasteiger partial charge on any atom is 0.256 e. The lowest BCUT2D eigenvalue weighted by molar-refractivity contribution is -0.116. The maximum absolute atomic E-state index is 12.8. The van der Waals surface area contributed by atoms with E-state index in [0.29, 0.717) is 34.4 Å². The highest BCUT2D eigenvalue weighted by Gasteiger charge is 2.24. The second-order valence-corrected chi connectivity index (χ2v) is 8.44. The van der Waals surface area contributed by atoms with Gasteiger partial charge in [0, 0.05) is 36.4 Å². The molecule has 0 spiro atoms. The Morgan fingerprint density at radius 1 is 1.25 bits per heavy atom. The lowest BCUT2D eigenvalue weighted by atomic mass is 9.96. The standard InChI is InChI=1S/C20H25ClN4O3/c1-20(2,3)19-23-17(28-24-19)9-8-16(26)22-15-7-6-13(21)12-14(15)18(27)25-10-4-5-11-25/h6-7,12H,4-5,8-11H2,1-3H3,(H,22,26). The fourth-order valence-electron chi connectivity index (χ4n) is 2.99. The van der Waals surface area contributed by atoms with Gasteiger partial charge in [-0.25, -0.2) is 0 Å². The first kappa shape index (κ1) is 20.3. The van der Waals surface area contributed by atoms with Crippen molar-refractivity contribution in [1.82, 2.24) is 15.0 Å². The second-order valence-electron chi connectivity index (χ2n) is 8.00. The Morgan fingerprint density at radius 2 is 1.96 bits per heavy atom. The number of hydrogen-bond acceptors (Lipinski definition) is 5. The van der Waals surface area contributed by atoms with Gasteiger partial charge in [0.25, 0.3) is 5.91 Å². The third kappa shape index (κ3) is 4.90. The zero-order valence-electron chi connectivity index (χ0n) is 16.4. The van der Waals surface area contributed by atoms with Crippen LogP contribution in [0.4, 0.5) is 5.69 Å². The van der Waals surface area contributed by atoms with Gasteiger partial charge in [-0.1, -0.05) is 37.5 Å². The SMILES string of the molecule is CC(C)(C)c1noc(CCC(=O)Nc2ccc(Cl)cc2C(=O)N2CCCC2)n1.